The Labute approximate surface area is 42.1 Å². The third-order valence-corrected chi connectivity index (χ3v) is 0.755. The fraction of sp³-hybridized carbons (Fsp3) is 0.500. The lowest BCUT2D eigenvalue weighted by atomic mass is 10.5. The highest BCUT2D eigenvalue weighted by Gasteiger charge is 2.08. The fourth-order valence-corrected chi connectivity index (χ4v) is 0.358. The van der Waals surface area contributed by atoms with E-state index in [4.69, 9.17) is 0 Å². The number of hydrogen-bond acceptors (Lipinski definition) is 3. The Morgan fingerprint density at radius 3 is 3.14 bits per heavy atom. The van der Waals surface area contributed by atoms with Gasteiger partial charge in [-0.1, -0.05) is 6.92 Å². The minimum Gasteiger partial charge on any atom is -0.147 e. The zero-order chi connectivity index (χ0) is 5.11. The van der Waals surface area contributed by atoms with Gasteiger partial charge in [-0.05, 0) is 4.99 Å². The lowest BCUT2D eigenvalue weighted by Crippen LogP contribution is -2.18. The van der Waals surface area contributed by atoms with Gasteiger partial charge in [0.1, 0.15) is 0 Å². The van der Waals surface area contributed by atoms with Crippen molar-refractivity contribution in [1.82, 2.24) is 10.5 Å². The van der Waals surface area contributed by atoms with Crippen LogP contribution in [0.3, 0.4) is 0 Å². The van der Waals surface area contributed by atoms with E-state index in [0.717, 1.165) is 12.3 Å². The Bertz CT molecular complexity index is 114. The third kappa shape index (κ3) is 0.765. The van der Waals surface area contributed by atoms with Crippen LogP contribution in [0.15, 0.2) is 4.99 Å². The molecule has 0 saturated carbocycles. The maximum absolute atomic E-state index is 3.74. The Hall–Kier alpha value is -0.860. The molecule has 1 N–H and O–H groups in total. The third-order valence-electron chi connectivity index (χ3n) is 0.755. The van der Waals surface area contributed by atoms with Crippen LogP contribution in [0.5, 0.6) is 0 Å². The van der Waals surface area contributed by atoms with E-state index in [2.05, 4.69) is 21.9 Å². The molecule has 0 aliphatic carbocycles. The summed E-state index contributed by atoms with van der Waals surface area (Å²) >= 11 is 0. The molecule has 0 aromatic heterocycles. The second-order valence-electron chi connectivity index (χ2n) is 1.24. The summed E-state index contributed by atoms with van der Waals surface area (Å²) in [4.78, 5) is 3.74. The van der Waals surface area contributed by atoms with E-state index in [1.165, 1.54) is 0 Å². The smallest absolute Gasteiger partial charge is 0.147 e. The molecule has 1 aliphatic heterocycles. The zero-order valence-electron chi connectivity index (χ0n) is 4.10. The van der Waals surface area contributed by atoms with Crippen LogP contribution in [0.4, 0.5) is 0 Å². The number of rotatable bonds is 1. The van der Waals surface area contributed by atoms with Gasteiger partial charge in [-0.15, -0.1) is 5.43 Å². The molecule has 0 unspecified atom stereocenters. The molecule has 0 amide bonds. The number of amidine groups is 1. The summed E-state index contributed by atoms with van der Waals surface area (Å²) in [5.41, 5.74) is 2.67. The van der Waals surface area contributed by atoms with Gasteiger partial charge in [-0.3, -0.25) is 0 Å². The van der Waals surface area contributed by atoms with Gasteiger partial charge in [0.25, 0.3) is 5.84 Å². The van der Waals surface area contributed by atoms with Gasteiger partial charge in [0, 0.05) is 6.42 Å². The minimum atomic E-state index is 0.889. The molecule has 0 saturated heterocycles. The van der Waals surface area contributed by atoms with E-state index in [0.29, 0.717) is 0 Å². The van der Waals surface area contributed by atoms with Crippen LogP contribution in [-0.2, 0) is 0 Å². The number of nitrogens with one attached hydrogen (secondary N) is 1. The van der Waals surface area contributed by atoms with E-state index >= 15 is 0 Å². The maximum Gasteiger partial charge on any atom is 0.490 e. The lowest BCUT2D eigenvalue weighted by Gasteiger charge is -1.77. The maximum atomic E-state index is 3.74. The highest BCUT2D eigenvalue weighted by molar-refractivity contribution is 5.91. The normalized spacial score (nSPS) is 16.4. The molecule has 1 heterocycles. The van der Waals surface area contributed by atoms with Gasteiger partial charge >= 0.3 is 6.34 Å². The van der Waals surface area contributed by atoms with Crippen molar-refractivity contribution in [2.75, 3.05) is 0 Å². The average Bonchev–Trinajstić information content (AvgIpc) is 2.14. The van der Waals surface area contributed by atoms with E-state index < -0.39 is 0 Å². The highest BCUT2D eigenvalue weighted by atomic mass is 15.4. The van der Waals surface area contributed by atoms with E-state index in [9.17, 15) is 0 Å². The van der Waals surface area contributed by atoms with Crippen LogP contribution in [-0.4, -0.2) is 12.2 Å². The van der Waals surface area contributed by atoms with Crippen molar-refractivity contribution < 1.29 is 0 Å². The molecule has 1 rings (SSSR count). The Balaban J connectivity index is 2.45. The topological polar surface area (TPSA) is 38.5 Å². The summed E-state index contributed by atoms with van der Waals surface area (Å²) in [5, 5.41) is 3.53. The van der Waals surface area contributed by atoms with Gasteiger partial charge in [0.15, 0.2) is 0 Å². The molecule has 1 aliphatic rings. The predicted octanol–water partition coefficient (Wildman–Crippen LogP) is -0.446. The number of hydrogen-bond donors (Lipinski definition) is 1. The van der Waals surface area contributed by atoms with E-state index in [-0.39, 0.29) is 0 Å². The molecule has 36 valence electrons. The summed E-state index contributed by atoms with van der Waals surface area (Å²) < 4.78 is 0. The highest BCUT2D eigenvalue weighted by Crippen LogP contribution is 1.79. The molecular formula is C4H6N3+. The summed E-state index contributed by atoms with van der Waals surface area (Å²) in [7, 11) is 0. The van der Waals surface area contributed by atoms with Crippen LogP contribution in [0.1, 0.15) is 13.3 Å². The standard InChI is InChI=1S/C4H6N3/c1-2-4-5-3-6-7-4/h2H2,1H3,(H,5,7)/q+1. The molecule has 2 radical (unpaired) electrons. The first-order chi connectivity index (χ1) is 3.43. The Kier molecular flexibility index (Phi) is 1.06. The Morgan fingerprint density at radius 2 is 2.86 bits per heavy atom. The molecule has 3 heteroatoms. The summed E-state index contributed by atoms with van der Waals surface area (Å²) in [5.74, 6) is 0.889. The number of aliphatic imine (C=N–C) groups is 1. The lowest BCUT2D eigenvalue weighted by molar-refractivity contribution is 0.922. The van der Waals surface area contributed by atoms with Crippen LogP contribution in [0.2, 0.25) is 0 Å². The van der Waals surface area contributed by atoms with E-state index in [1.54, 1.807) is 0 Å². The van der Waals surface area contributed by atoms with Crippen molar-refractivity contribution in [2.24, 2.45) is 4.99 Å². The second-order valence-corrected chi connectivity index (χ2v) is 1.24. The van der Waals surface area contributed by atoms with Crippen LogP contribution >= 0.6 is 0 Å². The van der Waals surface area contributed by atoms with Crippen molar-refractivity contribution in [3.8, 4) is 0 Å². The van der Waals surface area contributed by atoms with Crippen molar-refractivity contribution >= 4 is 12.2 Å². The van der Waals surface area contributed by atoms with Crippen molar-refractivity contribution in [1.29, 1.82) is 0 Å². The molecule has 0 atom stereocenters. The first-order valence-electron chi connectivity index (χ1n) is 2.21. The number of hydrazone groups is 1. The first-order valence-corrected chi connectivity index (χ1v) is 2.21. The van der Waals surface area contributed by atoms with Crippen LogP contribution in [0.25, 0.3) is 0 Å². The Morgan fingerprint density at radius 1 is 2.00 bits per heavy atom. The molecule has 0 aromatic rings. The zero-order valence-corrected chi connectivity index (χ0v) is 4.10. The minimum absolute atomic E-state index is 0.889. The van der Waals surface area contributed by atoms with Gasteiger partial charge in [0.05, 0.1) is 5.10 Å². The van der Waals surface area contributed by atoms with Gasteiger partial charge in [-0.25, -0.2) is 0 Å². The van der Waals surface area contributed by atoms with Crippen LogP contribution in [0, 0.1) is 0 Å². The van der Waals surface area contributed by atoms with E-state index in [1.807, 2.05) is 6.92 Å². The summed E-state index contributed by atoms with van der Waals surface area (Å²) in [6.45, 7) is 2.01. The van der Waals surface area contributed by atoms with Crippen molar-refractivity contribution in [2.45, 2.75) is 13.3 Å². The van der Waals surface area contributed by atoms with Gasteiger partial charge in [0.2, 0.25) is 0 Å². The monoisotopic (exact) mass is 96.1 g/mol. The molecule has 0 spiro atoms. The summed E-state index contributed by atoms with van der Waals surface area (Å²) in [6.07, 6.45) is 3.32. The number of nitrogens with zero attached hydrogens (tertiary/aromatic N) is 2. The predicted molar refractivity (Wildman–Crippen MR) is 28.0 cm³/mol. The molecule has 0 fully saturated rings. The molecule has 0 aromatic carbocycles. The molecule has 0 bridgehead atoms. The molecular weight excluding hydrogens is 90.1 g/mol. The van der Waals surface area contributed by atoms with Crippen molar-refractivity contribution in [3.05, 3.63) is 0 Å². The quantitative estimate of drug-likeness (QED) is 0.472. The van der Waals surface area contributed by atoms with Gasteiger partial charge < -0.3 is 0 Å². The second kappa shape index (κ2) is 1.73. The largest absolute Gasteiger partial charge is 0.490 e. The van der Waals surface area contributed by atoms with Crippen molar-refractivity contribution in [3.63, 3.8) is 0 Å². The fourth-order valence-electron chi connectivity index (χ4n) is 0.358. The first kappa shape index (κ1) is 4.30. The summed E-state index contributed by atoms with van der Waals surface area (Å²) in [6, 6.07) is 0. The molecule has 3 nitrogen and oxygen atoms in total. The van der Waals surface area contributed by atoms with Crippen LogP contribution < -0.4 is 10.5 Å². The van der Waals surface area contributed by atoms with Gasteiger partial charge in [-0.2, -0.15) is 0 Å². The SMILES string of the molecule is CCC1=N[C]=[N+]N1. The average molecular weight is 96.1 g/mol. The molecule has 7 heavy (non-hydrogen) atoms.